The van der Waals surface area contributed by atoms with Gasteiger partial charge in [0.1, 0.15) is 6.54 Å². The number of H-pyrrole nitrogens is 1. The minimum absolute atomic E-state index is 0.0618. The third-order valence-electron chi connectivity index (χ3n) is 5.34. The summed E-state index contributed by atoms with van der Waals surface area (Å²) in [5.41, 5.74) is -0.533. The van der Waals surface area contributed by atoms with Crippen molar-refractivity contribution in [3.8, 4) is 23.6 Å². The predicted molar refractivity (Wildman–Crippen MR) is 122 cm³/mol. The SMILES string of the molecule is N#CCNC(=O)C(CNC(=O)C#N)(NC(=O)Nc1ccc2c(c1)OCO2)c1c[nH]c2ccccc12. The van der Waals surface area contributed by atoms with E-state index < -0.39 is 29.9 Å². The number of aromatic nitrogens is 1. The van der Waals surface area contributed by atoms with Crippen molar-refractivity contribution in [2.75, 3.05) is 25.2 Å². The average Bonchev–Trinajstić information content (AvgIpc) is 3.51. The lowest BCUT2D eigenvalue weighted by atomic mass is 9.88. The van der Waals surface area contributed by atoms with Gasteiger partial charge in [0.05, 0.1) is 12.6 Å². The highest BCUT2D eigenvalue weighted by Crippen LogP contribution is 2.34. The molecule has 1 aromatic heterocycles. The second-order valence-electron chi connectivity index (χ2n) is 7.44. The van der Waals surface area contributed by atoms with Crippen LogP contribution in [0.25, 0.3) is 10.9 Å². The summed E-state index contributed by atoms with van der Waals surface area (Å²) in [6, 6.07) is 14.3. The molecule has 0 spiro atoms. The molecule has 0 fully saturated rings. The molecule has 1 unspecified atom stereocenters. The van der Waals surface area contributed by atoms with Crippen molar-refractivity contribution in [1.29, 1.82) is 10.5 Å². The van der Waals surface area contributed by atoms with Crippen LogP contribution in [0.3, 0.4) is 0 Å². The van der Waals surface area contributed by atoms with Crippen LogP contribution in [0, 0.1) is 22.7 Å². The number of hydrogen-bond acceptors (Lipinski definition) is 7. The summed E-state index contributed by atoms with van der Waals surface area (Å²) >= 11 is 0. The number of carbonyl (C=O) groups is 3. The van der Waals surface area contributed by atoms with Gasteiger partial charge in [-0.05, 0) is 18.2 Å². The number of nitriles is 2. The first-order valence-electron chi connectivity index (χ1n) is 10.4. The second-order valence-corrected chi connectivity index (χ2v) is 7.44. The predicted octanol–water partition coefficient (Wildman–Crippen LogP) is 1.19. The molecule has 2 heterocycles. The molecule has 2 aromatic carbocycles. The van der Waals surface area contributed by atoms with Crippen molar-refractivity contribution in [1.82, 2.24) is 20.9 Å². The second kappa shape index (κ2) is 9.72. The van der Waals surface area contributed by atoms with Gasteiger partial charge in [-0.1, -0.05) is 18.2 Å². The Hall–Kier alpha value is -5.23. The van der Waals surface area contributed by atoms with E-state index >= 15 is 0 Å². The van der Waals surface area contributed by atoms with E-state index in [1.54, 1.807) is 42.5 Å². The van der Waals surface area contributed by atoms with Crippen molar-refractivity contribution in [2.24, 2.45) is 0 Å². The minimum atomic E-state index is -1.89. The molecule has 176 valence electrons. The third-order valence-corrected chi connectivity index (χ3v) is 5.34. The first-order chi connectivity index (χ1) is 17.0. The molecule has 5 N–H and O–H groups in total. The van der Waals surface area contributed by atoms with Gasteiger partial charge in [-0.2, -0.15) is 10.5 Å². The molecule has 1 atom stereocenters. The quantitative estimate of drug-likeness (QED) is 0.252. The number of rotatable bonds is 7. The van der Waals surface area contributed by atoms with E-state index in [-0.39, 0.29) is 13.3 Å². The highest BCUT2D eigenvalue weighted by molar-refractivity contribution is 6.01. The molecule has 4 amide bonds. The molecule has 4 rings (SSSR count). The molecule has 3 aromatic rings. The number of benzene rings is 2. The van der Waals surface area contributed by atoms with Crippen LogP contribution in [0.4, 0.5) is 10.5 Å². The van der Waals surface area contributed by atoms with Crippen molar-refractivity contribution < 1.29 is 23.9 Å². The first kappa shape index (κ1) is 22.9. The lowest BCUT2D eigenvalue weighted by Gasteiger charge is -2.33. The van der Waals surface area contributed by atoms with Gasteiger partial charge in [0.2, 0.25) is 6.79 Å². The summed E-state index contributed by atoms with van der Waals surface area (Å²) < 4.78 is 10.6. The molecule has 0 saturated heterocycles. The fourth-order valence-electron chi connectivity index (χ4n) is 3.74. The Morgan fingerprint density at radius 3 is 2.66 bits per heavy atom. The first-order valence-corrected chi connectivity index (χ1v) is 10.4. The molecule has 12 nitrogen and oxygen atoms in total. The monoisotopic (exact) mass is 473 g/mol. The Morgan fingerprint density at radius 1 is 1.06 bits per heavy atom. The Balaban J connectivity index is 1.73. The number of aromatic amines is 1. The van der Waals surface area contributed by atoms with Crippen LogP contribution < -0.4 is 30.7 Å². The third kappa shape index (κ3) is 4.62. The Morgan fingerprint density at radius 2 is 1.86 bits per heavy atom. The summed E-state index contributed by atoms with van der Waals surface area (Å²) in [6.07, 6.45) is 1.52. The maximum absolute atomic E-state index is 13.4. The van der Waals surface area contributed by atoms with E-state index in [0.29, 0.717) is 33.7 Å². The van der Waals surface area contributed by atoms with E-state index in [1.165, 1.54) is 12.3 Å². The molecule has 0 bridgehead atoms. The lowest BCUT2D eigenvalue weighted by molar-refractivity contribution is -0.127. The number of fused-ring (bicyclic) bond motifs is 2. The summed E-state index contributed by atoms with van der Waals surface area (Å²) in [7, 11) is 0. The number of nitrogens with one attached hydrogen (secondary N) is 5. The zero-order chi connectivity index (χ0) is 24.8. The molecule has 0 aliphatic carbocycles. The maximum Gasteiger partial charge on any atom is 0.322 e. The van der Waals surface area contributed by atoms with E-state index in [0.717, 1.165) is 0 Å². The van der Waals surface area contributed by atoms with E-state index in [9.17, 15) is 14.4 Å². The lowest BCUT2D eigenvalue weighted by Crippen LogP contribution is -2.62. The van der Waals surface area contributed by atoms with Crippen molar-refractivity contribution >= 4 is 34.4 Å². The van der Waals surface area contributed by atoms with Gasteiger partial charge in [0.15, 0.2) is 23.1 Å². The topological polar surface area (TPSA) is 181 Å². The summed E-state index contributed by atoms with van der Waals surface area (Å²) in [4.78, 5) is 41.4. The van der Waals surface area contributed by atoms with Gasteiger partial charge in [0.25, 0.3) is 5.91 Å². The number of amides is 4. The number of ether oxygens (including phenoxy) is 2. The number of para-hydroxylation sites is 1. The van der Waals surface area contributed by atoms with E-state index in [4.69, 9.17) is 20.0 Å². The zero-order valence-corrected chi connectivity index (χ0v) is 18.2. The number of carbonyl (C=O) groups excluding carboxylic acids is 3. The fraction of sp³-hybridized carbons (Fsp3) is 0.174. The van der Waals surface area contributed by atoms with Crippen molar-refractivity contribution in [3.05, 3.63) is 54.2 Å². The van der Waals surface area contributed by atoms with Gasteiger partial charge >= 0.3 is 11.9 Å². The average molecular weight is 473 g/mol. The van der Waals surface area contributed by atoms with E-state index in [2.05, 4.69) is 26.3 Å². The number of anilines is 1. The van der Waals surface area contributed by atoms with Gasteiger partial charge in [-0.15, -0.1) is 0 Å². The van der Waals surface area contributed by atoms with E-state index in [1.807, 2.05) is 6.07 Å². The molecule has 1 aliphatic rings. The molecule has 12 heteroatoms. The Labute approximate surface area is 198 Å². The Bertz CT molecular complexity index is 1390. The van der Waals surface area contributed by atoms with Gasteiger partial charge in [0, 0.05) is 34.4 Å². The molecule has 35 heavy (non-hydrogen) atoms. The van der Waals surface area contributed by atoms with Crippen molar-refractivity contribution in [2.45, 2.75) is 5.54 Å². The molecular weight excluding hydrogens is 454 g/mol. The normalized spacial score (nSPS) is 13.1. The summed E-state index contributed by atoms with van der Waals surface area (Å²) in [5.74, 6) is -0.791. The van der Waals surface area contributed by atoms with Crippen LogP contribution in [-0.2, 0) is 15.1 Å². The van der Waals surface area contributed by atoms with Crippen molar-refractivity contribution in [3.63, 3.8) is 0 Å². The van der Waals surface area contributed by atoms with Crippen LogP contribution in [0.1, 0.15) is 5.56 Å². The minimum Gasteiger partial charge on any atom is -0.454 e. The van der Waals surface area contributed by atoms with Crippen LogP contribution in [0.5, 0.6) is 11.5 Å². The Kier molecular flexibility index (Phi) is 6.37. The highest BCUT2D eigenvalue weighted by Gasteiger charge is 2.44. The highest BCUT2D eigenvalue weighted by atomic mass is 16.7. The van der Waals surface area contributed by atoms with Gasteiger partial charge in [-0.3, -0.25) is 9.59 Å². The molecule has 1 aliphatic heterocycles. The summed E-state index contributed by atoms with van der Waals surface area (Å²) in [6.45, 7) is -0.750. The molecular formula is C23H19N7O5. The van der Waals surface area contributed by atoms with Crippen LogP contribution >= 0.6 is 0 Å². The number of urea groups is 1. The molecule has 0 saturated carbocycles. The maximum atomic E-state index is 13.4. The number of hydrogen-bond donors (Lipinski definition) is 5. The number of nitrogens with zero attached hydrogens (tertiary/aromatic N) is 2. The smallest absolute Gasteiger partial charge is 0.322 e. The van der Waals surface area contributed by atoms with Crippen LogP contribution in [-0.4, -0.2) is 42.7 Å². The molecule has 0 radical (unpaired) electrons. The van der Waals surface area contributed by atoms with Crippen LogP contribution in [0.15, 0.2) is 48.7 Å². The van der Waals surface area contributed by atoms with Gasteiger partial charge in [-0.25, -0.2) is 4.79 Å². The standard InChI is InChI=1S/C23H19N7O5/c24-7-8-26-21(32)23(12-28-20(31)10-25,16-11-27-17-4-2-1-3-15(16)17)30-22(33)29-14-5-6-18-19(9-14)35-13-34-18/h1-6,9,11,27H,8,12-13H2,(H,26,32)(H,28,31)(H2,29,30,33). The largest absolute Gasteiger partial charge is 0.454 e. The zero-order valence-electron chi connectivity index (χ0n) is 18.2. The fourth-order valence-corrected chi connectivity index (χ4v) is 3.74. The summed E-state index contributed by atoms with van der Waals surface area (Å²) in [5, 5.41) is 28.6. The van der Waals surface area contributed by atoms with Crippen LogP contribution in [0.2, 0.25) is 0 Å². The van der Waals surface area contributed by atoms with Gasteiger partial charge < -0.3 is 35.7 Å².